The van der Waals surface area contributed by atoms with Crippen LogP contribution in [0, 0.1) is 0 Å². The van der Waals surface area contributed by atoms with Gasteiger partial charge >= 0.3 is 0 Å². The second-order valence-corrected chi connectivity index (χ2v) is 3.29. The van der Waals surface area contributed by atoms with Crippen LogP contribution < -0.4 is 15.8 Å². The molecule has 2 rings (SSSR count). The third-order valence-electron chi connectivity index (χ3n) is 2.05. The van der Waals surface area contributed by atoms with Gasteiger partial charge in [-0.1, -0.05) is 0 Å². The van der Waals surface area contributed by atoms with Crippen LogP contribution >= 0.6 is 0 Å². The first-order chi connectivity index (χ1) is 6.81. The van der Waals surface area contributed by atoms with Gasteiger partial charge in [-0.15, -0.1) is 0 Å². The van der Waals surface area contributed by atoms with Crippen molar-refractivity contribution in [3.63, 3.8) is 0 Å². The minimum Gasteiger partial charge on any atom is -0.476 e. The molecule has 1 saturated carbocycles. The molecule has 1 fully saturated rings. The minimum atomic E-state index is 0.464. The van der Waals surface area contributed by atoms with Crippen LogP contribution in [0.4, 0.5) is 11.5 Å². The molecular formula is C9H14N4O. The Bertz CT molecular complexity index is 325. The van der Waals surface area contributed by atoms with E-state index in [-0.39, 0.29) is 0 Å². The van der Waals surface area contributed by atoms with Gasteiger partial charge in [0.15, 0.2) is 5.82 Å². The Morgan fingerprint density at radius 2 is 2.36 bits per heavy atom. The van der Waals surface area contributed by atoms with E-state index < -0.39 is 0 Å². The highest BCUT2D eigenvalue weighted by molar-refractivity contribution is 5.66. The van der Waals surface area contributed by atoms with Gasteiger partial charge in [0, 0.05) is 6.04 Å². The van der Waals surface area contributed by atoms with Crippen LogP contribution in [0.25, 0.3) is 0 Å². The molecule has 0 saturated heterocycles. The Hall–Kier alpha value is -1.52. The van der Waals surface area contributed by atoms with E-state index in [1.165, 1.54) is 19.2 Å². The quantitative estimate of drug-likeness (QED) is 0.749. The number of rotatable bonds is 4. The number of nitrogens with zero attached hydrogens (tertiary/aromatic N) is 2. The molecule has 0 spiro atoms. The van der Waals surface area contributed by atoms with Gasteiger partial charge in [0.25, 0.3) is 0 Å². The van der Waals surface area contributed by atoms with Gasteiger partial charge in [0.05, 0.1) is 6.61 Å². The summed E-state index contributed by atoms with van der Waals surface area (Å²) in [7, 11) is 0. The van der Waals surface area contributed by atoms with E-state index in [2.05, 4.69) is 15.3 Å². The Morgan fingerprint density at radius 1 is 1.57 bits per heavy atom. The lowest BCUT2D eigenvalue weighted by molar-refractivity contribution is 0.328. The minimum absolute atomic E-state index is 0.464. The summed E-state index contributed by atoms with van der Waals surface area (Å²) in [5.74, 6) is 1.15. The molecule has 1 heterocycles. The Kier molecular flexibility index (Phi) is 2.39. The topological polar surface area (TPSA) is 73.1 Å². The fourth-order valence-electron chi connectivity index (χ4n) is 1.17. The highest BCUT2D eigenvalue weighted by Crippen LogP contribution is 2.30. The average molecular weight is 194 g/mol. The molecule has 0 atom stereocenters. The summed E-state index contributed by atoms with van der Waals surface area (Å²) in [4.78, 5) is 8.03. The van der Waals surface area contributed by atoms with Crippen molar-refractivity contribution in [3.8, 4) is 5.88 Å². The second kappa shape index (κ2) is 3.69. The molecule has 0 bridgehead atoms. The van der Waals surface area contributed by atoms with Gasteiger partial charge in [-0.3, -0.25) is 0 Å². The normalized spacial score (nSPS) is 15.2. The van der Waals surface area contributed by atoms with Crippen molar-refractivity contribution in [2.45, 2.75) is 25.8 Å². The van der Waals surface area contributed by atoms with Crippen LogP contribution in [-0.4, -0.2) is 22.6 Å². The molecule has 3 N–H and O–H groups in total. The predicted molar refractivity (Wildman–Crippen MR) is 54.3 cm³/mol. The molecule has 0 aromatic carbocycles. The molecule has 0 amide bonds. The molecule has 76 valence electrons. The number of ether oxygens (including phenoxy) is 1. The second-order valence-electron chi connectivity index (χ2n) is 3.29. The van der Waals surface area contributed by atoms with Gasteiger partial charge in [0.2, 0.25) is 5.88 Å². The lowest BCUT2D eigenvalue weighted by atomic mass is 10.4. The SMILES string of the molecule is CCOc1ncnc(NC2CC2)c1N. The van der Waals surface area contributed by atoms with Crippen LogP contribution in [-0.2, 0) is 0 Å². The fourth-order valence-corrected chi connectivity index (χ4v) is 1.17. The fraction of sp³-hybridized carbons (Fsp3) is 0.556. The molecule has 0 aliphatic heterocycles. The molecule has 5 heteroatoms. The first-order valence-electron chi connectivity index (χ1n) is 4.81. The summed E-state index contributed by atoms with van der Waals surface area (Å²) in [5.41, 5.74) is 6.33. The maximum atomic E-state index is 5.83. The van der Waals surface area contributed by atoms with Crippen molar-refractivity contribution in [1.29, 1.82) is 0 Å². The zero-order chi connectivity index (χ0) is 9.97. The molecule has 1 aliphatic rings. The van der Waals surface area contributed by atoms with Gasteiger partial charge in [-0.05, 0) is 19.8 Å². The number of nitrogen functional groups attached to an aromatic ring is 1. The standard InChI is InChI=1S/C9H14N4O/c1-2-14-9-7(10)8(11-5-12-9)13-6-3-4-6/h5-6H,2-4,10H2,1H3,(H,11,12,13). The Balaban J connectivity index is 2.16. The van der Waals surface area contributed by atoms with E-state index in [1.807, 2.05) is 6.92 Å². The predicted octanol–water partition coefficient (Wildman–Crippen LogP) is 1.03. The van der Waals surface area contributed by atoms with Crippen molar-refractivity contribution >= 4 is 11.5 Å². The smallest absolute Gasteiger partial charge is 0.242 e. The van der Waals surface area contributed by atoms with Crippen molar-refractivity contribution < 1.29 is 4.74 Å². The first-order valence-corrected chi connectivity index (χ1v) is 4.81. The number of aromatic nitrogens is 2. The van der Waals surface area contributed by atoms with E-state index in [4.69, 9.17) is 10.5 Å². The molecule has 1 aliphatic carbocycles. The summed E-state index contributed by atoms with van der Waals surface area (Å²) in [6, 6.07) is 0.529. The molecule has 1 aromatic rings. The summed E-state index contributed by atoms with van der Waals surface area (Å²) in [6.45, 7) is 2.46. The van der Waals surface area contributed by atoms with E-state index >= 15 is 0 Å². The first kappa shape index (κ1) is 9.05. The molecule has 14 heavy (non-hydrogen) atoms. The van der Waals surface area contributed by atoms with Crippen LogP contribution in [0.5, 0.6) is 5.88 Å². The van der Waals surface area contributed by atoms with Crippen molar-refractivity contribution in [2.75, 3.05) is 17.7 Å². The summed E-state index contributed by atoms with van der Waals surface area (Å²) in [6.07, 6.45) is 3.84. The number of anilines is 2. The van der Waals surface area contributed by atoms with E-state index in [0.717, 1.165) is 0 Å². The summed E-state index contributed by atoms with van der Waals surface area (Å²) >= 11 is 0. The lowest BCUT2D eigenvalue weighted by Gasteiger charge is -2.09. The van der Waals surface area contributed by atoms with Crippen molar-refractivity contribution in [2.24, 2.45) is 0 Å². The van der Waals surface area contributed by atoms with Crippen LogP contribution in [0.15, 0.2) is 6.33 Å². The molecule has 1 aromatic heterocycles. The largest absolute Gasteiger partial charge is 0.476 e. The zero-order valence-corrected chi connectivity index (χ0v) is 8.16. The molecule has 0 radical (unpaired) electrons. The highest BCUT2D eigenvalue weighted by atomic mass is 16.5. The Labute approximate surface area is 82.7 Å². The maximum Gasteiger partial charge on any atom is 0.242 e. The van der Waals surface area contributed by atoms with Crippen LogP contribution in [0.2, 0.25) is 0 Å². The zero-order valence-electron chi connectivity index (χ0n) is 8.16. The van der Waals surface area contributed by atoms with Gasteiger partial charge in [-0.2, -0.15) is 4.98 Å². The van der Waals surface area contributed by atoms with Crippen LogP contribution in [0.3, 0.4) is 0 Å². The number of nitrogens with two attached hydrogens (primary N) is 1. The highest BCUT2D eigenvalue weighted by Gasteiger charge is 2.23. The van der Waals surface area contributed by atoms with E-state index in [0.29, 0.717) is 30.0 Å². The van der Waals surface area contributed by atoms with Gasteiger partial charge < -0.3 is 15.8 Å². The van der Waals surface area contributed by atoms with E-state index in [9.17, 15) is 0 Å². The summed E-state index contributed by atoms with van der Waals surface area (Å²) in [5, 5.41) is 3.23. The third-order valence-corrected chi connectivity index (χ3v) is 2.05. The lowest BCUT2D eigenvalue weighted by Crippen LogP contribution is -2.09. The van der Waals surface area contributed by atoms with E-state index in [1.54, 1.807) is 0 Å². The average Bonchev–Trinajstić information content (AvgIpc) is 2.96. The van der Waals surface area contributed by atoms with Crippen molar-refractivity contribution in [1.82, 2.24) is 9.97 Å². The molecular weight excluding hydrogens is 180 g/mol. The maximum absolute atomic E-state index is 5.83. The number of nitrogens with one attached hydrogen (secondary N) is 1. The van der Waals surface area contributed by atoms with Crippen LogP contribution in [0.1, 0.15) is 19.8 Å². The third kappa shape index (κ3) is 1.86. The Morgan fingerprint density at radius 3 is 3.00 bits per heavy atom. The van der Waals surface area contributed by atoms with Gasteiger partial charge in [0.1, 0.15) is 12.0 Å². The van der Waals surface area contributed by atoms with Gasteiger partial charge in [-0.25, -0.2) is 4.98 Å². The molecule has 5 nitrogen and oxygen atoms in total. The number of hydrogen-bond acceptors (Lipinski definition) is 5. The monoisotopic (exact) mass is 194 g/mol. The summed E-state index contributed by atoms with van der Waals surface area (Å²) < 4.78 is 5.26. The number of hydrogen-bond donors (Lipinski definition) is 2. The molecule has 0 unspecified atom stereocenters. The van der Waals surface area contributed by atoms with Crippen molar-refractivity contribution in [3.05, 3.63) is 6.33 Å².